The molecule has 1 aliphatic heterocycles. The normalized spacial score (nSPS) is 12.6. The highest BCUT2D eigenvalue weighted by Crippen LogP contribution is 2.46. The Hall–Kier alpha value is -5.05. The van der Waals surface area contributed by atoms with Crippen LogP contribution in [-0.2, 0) is 0 Å². The third kappa shape index (κ3) is 10.3. The number of aromatic carboxylic acids is 1. The molecule has 9 nitrogen and oxygen atoms in total. The molecular weight excluding hydrogens is 749 g/mol. The Labute approximate surface area is 355 Å². The van der Waals surface area contributed by atoms with Crippen LogP contribution >= 0.6 is 0 Å². The van der Waals surface area contributed by atoms with Gasteiger partial charge in [-0.1, -0.05) is 160 Å². The van der Waals surface area contributed by atoms with Crippen LogP contribution < -0.4 is 16.0 Å². The van der Waals surface area contributed by atoms with E-state index in [1.807, 2.05) is 12.1 Å². The summed E-state index contributed by atoms with van der Waals surface area (Å²) in [6.45, 7) is 5.57. The van der Waals surface area contributed by atoms with Crippen molar-refractivity contribution in [3.63, 3.8) is 0 Å². The SMILES string of the molecule is CCCCCCCCCCCCCNC(=N)c1cc(C(=O)O)c2c3ccc4c5c(ccc(c6ccc(C(=O)NCCCCCCCCCCCCC)c1c62)c53)C(=O)NC4=O. The zero-order valence-corrected chi connectivity index (χ0v) is 36.1. The summed E-state index contributed by atoms with van der Waals surface area (Å²) in [5.74, 6) is -2.35. The maximum Gasteiger partial charge on any atom is 0.336 e. The summed E-state index contributed by atoms with van der Waals surface area (Å²) in [6.07, 6.45) is 26.7. The fourth-order valence-corrected chi connectivity index (χ4v) is 9.35. The van der Waals surface area contributed by atoms with E-state index in [1.54, 1.807) is 24.3 Å². The van der Waals surface area contributed by atoms with Gasteiger partial charge in [0.1, 0.15) is 5.84 Å². The van der Waals surface area contributed by atoms with E-state index in [0.717, 1.165) is 43.9 Å². The number of fused-ring (bicyclic) bond motifs is 2. The van der Waals surface area contributed by atoms with Crippen LogP contribution in [0.4, 0.5) is 0 Å². The molecule has 9 heteroatoms. The van der Waals surface area contributed by atoms with Crippen molar-refractivity contribution < 1.29 is 24.3 Å². The van der Waals surface area contributed by atoms with Gasteiger partial charge in [-0.05, 0) is 64.0 Å². The quantitative estimate of drug-likeness (QED) is 0.00890. The first-order chi connectivity index (χ1) is 29.3. The molecule has 5 aromatic rings. The lowest BCUT2D eigenvalue weighted by Crippen LogP contribution is -2.34. The number of amides is 3. The maximum atomic E-state index is 14.2. The molecule has 0 radical (unpaired) electrons. The van der Waals surface area contributed by atoms with E-state index in [9.17, 15) is 29.7 Å². The maximum absolute atomic E-state index is 14.2. The van der Waals surface area contributed by atoms with Crippen LogP contribution in [0.1, 0.15) is 202 Å². The number of carboxylic acids is 1. The predicted molar refractivity (Wildman–Crippen MR) is 246 cm³/mol. The molecule has 3 amide bonds. The molecule has 0 aromatic heterocycles. The lowest BCUT2D eigenvalue weighted by molar-refractivity contribution is 0.0697. The Morgan fingerprint density at radius 2 is 0.950 bits per heavy atom. The predicted octanol–water partition coefficient (Wildman–Crippen LogP) is 12.6. The fraction of sp³-hybridized carbons (Fsp3) is 0.510. The zero-order valence-electron chi connectivity index (χ0n) is 36.1. The van der Waals surface area contributed by atoms with Crippen LogP contribution in [0.2, 0.25) is 0 Å². The Morgan fingerprint density at radius 3 is 1.47 bits per heavy atom. The number of imide groups is 1. The van der Waals surface area contributed by atoms with Gasteiger partial charge in [0, 0.05) is 51.5 Å². The molecule has 0 saturated heterocycles. The average molecular weight is 815 g/mol. The monoisotopic (exact) mass is 815 g/mol. The molecule has 0 aliphatic carbocycles. The number of unbranched alkanes of at least 4 members (excludes halogenated alkanes) is 20. The molecule has 5 aromatic carbocycles. The minimum Gasteiger partial charge on any atom is -0.478 e. The molecule has 1 heterocycles. The summed E-state index contributed by atoms with van der Waals surface area (Å²) >= 11 is 0. The molecule has 0 spiro atoms. The number of carbonyl (C=O) groups is 4. The Balaban J connectivity index is 1.26. The third-order valence-electron chi connectivity index (χ3n) is 12.6. The molecule has 0 atom stereocenters. The average Bonchev–Trinajstić information content (AvgIpc) is 3.24. The Kier molecular flexibility index (Phi) is 16.3. The van der Waals surface area contributed by atoms with Crippen molar-refractivity contribution in [3.8, 4) is 0 Å². The summed E-state index contributed by atoms with van der Waals surface area (Å²) in [4.78, 5) is 53.4. The summed E-state index contributed by atoms with van der Waals surface area (Å²) in [7, 11) is 0. The van der Waals surface area contributed by atoms with E-state index in [-0.39, 0.29) is 17.3 Å². The van der Waals surface area contributed by atoms with Crippen molar-refractivity contribution >= 4 is 72.6 Å². The fourth-order valence-electron chi connectivity index (χ4n) is 9.35. The molecule has 0 unspecified atom stereocenters. The van der Waals surface area contributed by atoms with Crippen molar-refractivity contribution in [2.45, 2.75) is 155 Å². The standard InChI is InChI=1S/C51H66N4O5/c1-3-5-7-9-11-13-15-17-19-21-23-31-53-47(52)40-33-41(51(59)60)43-36-27-30-39-44-38(49(57)55-50(39)58)29-25-34(42(36)44)35-26-28-37(45(40)46(35)43)48(56)54-32-24-22-20-18-16-14-12-10-8-6-4-2/h25-30,33H,3-24,31-32H2,1-2H3,(H2,52,53)(H,54,56)(H,59,60)(H,55,57,58). The number of benzene rings is 5. The number of hydrogen-bond donors (Lipinski definition) is 5. The number of carbonyl (C=O) groups excluding carboxylic acids is 3. The van der Waals surface area contributed by atoms with Crippen molar-refractivity contribution in [2.24, 2.45) is 0 Å². The van der Waals surface area contributed by atoms with E-state index < -0.39 is 17.8 Å². The van der Waals surface area contributed by atoms with Crippen LogP contribution in [-0.4, -0.2) is 47.7 Å². The largest absolute Gasteiger partial charge is 0.478 e. The minimum absolute atomic E-state index is 0.00328. The highest BCUT2D eigenvalue weighted by Gasteiger charge is 2.30. The summed E-state index contributed by atoms with van der Waals surface area (Å²) in [6, 6.07) is 12.1. The second kappa shape index (κ2) is 22.0. The molecule has 0 saturated carbocycles. The van der Waals surface area contributed by atoms with Crippen LogP contribution in [0.5, 0.6) is 0 Å². The number of amidine groups is 1. The second-order valence-corrected chi connectivity index (χ2v) is 17.0. The lowest BCUT2D eigenvalue weighted by atomic mass is 9.81. The molecule has 320 valence electrons. The van der Waals surface area contributed by atoms with Crippen LogP contribution in [0, 0.1) is 5.41 Å². The van der Waals surface area contributed by atoms with Gasteiger partial charge in [0.15, 0.2) is 0 Å². The molecule has 60 heavy (non-hydrogen) atoms. The van der Waals surface area contributed by atoms with Crippen molar-refractivity contribution in [3.05, 3.63) is 70.3 Å². The highest BCUT2D eigenvalue weighted by molar-refractivity contribution is 6.41. The van der Waals surface area contributed by atoms with Crippen LogP contribution in [0.3, 0.4) is 0 Å². The topological polar surface area (TPSA) is 148 Å². The summed E-state index contributed by atoms with van der Waals surface area (Å²) < 4.78 is 0. The van der Waals surface area contributed by atoms with E-state index in [0.29, 0.717) is 73.0 Å². The third-order valence-corrected chi connectivity index (χ3v) is 12.6. The van der Waals surface area contributed by atoms with Gasteiger partial charge in [0.2, 0.25) is 0 Å². The van der Waals surface area contributed by atoms with E-state index in [1.165, 1.54) is 109 Å². The minimum atomic E-state index is -1.17. The van der Waals surface area contributed by atoms with Gasteiger partial charge in [-0.15, -0.1) is 0 Å². The first kappa shape index (κ1) is 44.5. The van der Waals surface area contributed by atoms with Crippen molar-refractivity contribution in [1.29, 1.82) is 5.41 Å². The van der Waals surface area contributed by atoms with Gasteiger partial charge in [0.25, 0.3) is 17.7 Å². The summed E-state index contributed by atoms with van der Waals surface area (Å²) in [5, 5.41) is 33.6. The summed E-state index contributed by atoms with van der Waals surface area (Å²) in [5.41, 5.74) is 1.45. The van der Waals surface area contributed by atoms with Gasteiger partial charge in [-0.3, -0.25) is 25.1 Å². The lowest BCUT2D eigenvalue weighted by Gasteiger charge is -2.23. The Morgan fingerprint density at radius 1 is 0.500 bits per heavy atom. The van der Waals surface area contributed by atoms with Crippen LogP contribution in [0.15, 0.2) is 42.5 Å². The number of rotatable bonds is 27. The second-order valence-electron chi connectivity index (χ2n) is 17.0. The highest BCUT2D eigenvalue weighted by atomic mass is 16.4. The number of nitrogens with one attached hydrogen (secondary N) is 4. The first-order valence-corrected chi connectivity index (χ1v) is 23.2. The smallest absolute Gasteiger partial charge is 0.336 e. The van der Waals surface area contributed by atoms with E-state index >= 15 is 0 Å². The Bertz CT molecular complexity index is 2290. The van der Waals surface area contributed by atoms with Crippen LogP contribution in [0.25, 0.3) is 43.1 Å². The van der Waals surface area contributed by atoms with Gasteiger partial charge in [-0.2, -0.15) is 0 Å². The molecule has 0 bridgehead atoms. The van der Waals surface area contributed by atoms with Crippen molar-refractivity contribution in [1.82, 2.24) is 16.0 Å². The van der Waals surface area contributed by atoms with Crippen molar-refractivity contribution in [2.75, 3.05) is 13.1 Å². The van der Waals surface area contributed by atoms with E-state index in [4.69, 9.17) is 0 Å². The molecule has 0 fully saturated rings. The van der Waals surface area contributed by atoms with Gasteiger partial charge >= 0.3 is 5.97 Å². The molecule has 5 N–H and O–H groups in total. The molecular formula is C51H66N4O5. The number of hydrogen-bond acceptors (Lipinski definition) is 5. The molecule has 1 aliphatic rings. The van der Waals surface area contributed by atoms with Gasteiger partial charge in [-0.25, -0.2) is 4.79 Å². The molecule has 6 rings (SSSR count). The van der Waals surface area contributed by atoms with Gasteiger partial charge < -0.3 is 15.7 Å². The zero-order chi connectivity index (χ0) is 42.4. The van der Waals surface area contributed by atoms with E-state index in [2.05, 4.69) is 29.8 Å². The van der Waals surface area contributed by atoms with Gasteiger partial charge in [0.05, 0.1) is 5.56 Å². The first-order valence-electron chi connectivity index (χ1n) is 23.2. The number of carboxylic acid groups (broad SMARTS) is 1.